The van der Waals surface area contributed by atoms with E-state index >= 15 is 0 Å². The molecule has 24 heavy (non-hydrogen) atoms. The zero-order chi connectivity index (χ0) is 16.9. The summed E-state index contributed by atoms with van der Waals surface area (Å²) in [4.78, 5) is 25.1. The molecule has 0 saturated carbocycles. The first-order chi connectivity index (χ1) is 11.6. The van der Waals surface area contributed by atoms with Crippen LogP contribution in [0.3, 0.4) is 0 Å². The lowest BCUT2D eigenvalue weighted by atomic mass is 9.97. The van der Waals surface area contributed by atoms with E-state index in [-0.39, 0.29) is 5.91 Å². The lowest BCUT2D eigenvalue weighted by molar-refractivity contribution is -0.145. The molecule has 0 aromatic heterocycles. The number of carbonyl (C=O) groups excluding carboxylic acids is 1. The first kappa shape index (κ1) is 16.6. The zero-order valence-corrected chi connectivity index (χ0v) is 13.7. The highest BCUT2D eigenvalue weighted by molar-refractivity contribution is 5.78. The van der Waals surface area contributed by atoms with Crippen molar-refractivity contribution in [3.05, 3.63) is 23.8 Å². The van der Waals surface area contributed by atoms with E-state index in [9.17, 15) is 9.59 Å². The SMILES string of the molecule is O=C(O)[C@H]1CCCN(C(=O)CCc2ccc3c(c2)OCCCO3)C1. The third-order valence-electron chi connectivity index (χ3n) is 4.56. The van der Waals surface area contributed by atoms with Gasteiger partial charge in [-0.25, -0.2) is 0 Å². The molecule has 0 aliphatic carbocycles. The van der Waals surface area contributed by atoms with E-state index in [2.05, 4.69) is 0 Å². The second-order valence-corrected chi connectivity index (χ2v) is 6.35. The summed E-state index contributed by atoms with van der Waals surface area (Å²) in [7, 11) is 0. The van der Waals surface area contributed by atoms with Crippen LogP contribution in [0.5, 0.6) is 11.5 Å². The van der Waals surface area contributed by atoms with Gasteiger partial charge in [-0.05, 0) is 37.0 Å². The fourth-order valence-corrected chi connectivity index (χ4v) is 3.18. The van der Waals surface area contributed by atoms with E-state index in [1.807, 2.05) is 18.2 Å². The third kappa shape index (κ3) is 3.99. The summed E-state index contributed by atoms with van der Waals surface area (Å²) in [5.74, 6) is 0.272. The predicted octanol–water partition coefficient (Wildman–Crippen LogP) is 2.10. The number of piperidine rings is 1. The second-order valence-electron chi connectivity index (χ2n) is 6.35. The average molecular weight is 333 g/mol. The Hall–Kier alpha value is -2.24. The maximum Gasteiger partial charge on any atom is 0.308 e. The summed E-state index contributed by atoms with van der Waals surface area (Å²) in [5, 5.41) is 9.12. The molecule has 6 nitrogen and oxygen atoms in total. The number of amides is 1. The van der Waals surface area contributed by atoms with Crippen LogP contribution in [-0.4, -0.2) is 48.2 Å². The predicted molar refractivity (Wildman–Crippen MR) is 87.3 cm³/mol. The molecule has 0 bridgehead atoms. The highest BCUT2D eigenvalue weighted by Crippen LogP contribution is 2.30. The molecular weight excluding hydrogens is 310 g/mol. The summed E-state index contributed by atoms with van der Waals surface area (Å²) in [6.07, 6.45) is 3.27. The summed E-state index contributed by atoms with van der Waals surface area (Å²) >= 11 is 0. The number of carboxylic acid groups (broad SMARTS) is 1. The minimum absolute atomic E-state index is 0.0214. The van der Waals surface area contributed by atoms with Crippen molar-refractivity contribution < 1.29 is 24.2 Å². The molecule has 2 aliphatic heterocycles. The number of rotatable bonds is 4. The van der Waals surface area contributed by atoms with E-state index in [1.54, 1.807) is 4.90 Å². The van der Waals surface area contributed by atoms with Gasteiger partial charge in [-0.15, -0.1) is 0 Å². The first-order valence-corrected chi connectivity index (χ1v) is 8.52. The molecule has 0 radical (unpaired) electrons. The van der Waals surface area contributed by atoms with Gasteiger partial charge in [0.15, 0.2) is 11.5 Å². The maximum atomic E-state index is 12.4. The van der Waals surface area contributed by atoms with Gasteiger partial charge in [0.25, 0.3) is 0 Å². The van der Waals surface area contributed by atoms with Crippen molar-refractivity contribution in [3.8, 4) is 11.5 Å². The number of carbonyl (C=O) groups is 2. The molecule has 2 aliphatic rings. The Bertz CT molecular complexity index is 615. The topological polar surface area (TPSA) is 76.1 Å². The molecule has 1 aromatic carbocycles. The molecule has 0 spiro atoms. The van der Waals surface area contributed by atoms with Crippen molar-refractivity contribution in [3.63, 3.8) is 0 Å². The Kier molecular flexibility index (Phi) is 5.23. The van der Waals surface area contributed by atoms with Gasteiger partial charge in [0.05, 0.1) is 19.1 Å². The van der Waals surface area contributed by atoms with Crippen LogP contribution in [0.25, 0.3) is 0 Å². The van der Waals surface area contributed by atoms with Gasteiger partial charge in [-0.3, -0.25) is 9.59 Å². The Morgan fingerprint density at radius 1 is 1.17 bits per heavy atom. The van der Waals surface area contributed by atoms with Gasteiger partial charge >= 0.3 is 5.97 Å². The van der Waals surface area contributed by atoms with Gasteiger partial charge in [-0.1, -0.05) is 6.07 Å². The largest absolute Gasteiger partial charge is 0.490 e. The van der Waals surface area contributed by atoms with Crippen LogP contribution in [0.1, 0.15) is 31.2 Å². The number of benzene rings is 1. The quantitative estimate of drug-likeness (QED) is 0.913. The van der Waals surface area contributed by atoms with Crippen LogP contribution in [0.2, 0.25) is 0 Å². The standard InChI is InChI=1S/C18H23NO5/c20-17(19-8-1-3-14(12-19)18(21)22)7-5-13-4-6-15-16(11-13)24-10-2-9-23-15/h4,6,11,14H,1-3,5,7-10,12H2,(H,21,22)/t14-/m0/s1. The van der Waals surface area contributed by atoms with Crippen LogP contribution in [0.15, 0.2) is 18.2 Å². The maximum absolute atomic E-state index is 12.4. The van der Waals surface area contributed by atoms with Crippen LogP contribution in [0, 0.1) is 5.92 Å². The Labute approximate surface area is 141 Å². The van der Waals surface area contributed by atoms with Gasteiger partial charge in [0.1, 0.15) is 0 Å². The van der Waals surface area contributed by atoms with E-state index < -0.39 is 11.9 Å². The van der Waals surface area contributed by atoms with Crippen LogP contribution >= 0.6 is 0 Å². The normalized spacial score (nSPS) is 20.3. The second kappa shape index (κ2) is 7.55. The number of aryl methyl sites for hydroxylation is 1. The van der Waals surface area contributed by atoms with Gasteiger partial charge in [0.2, 0.25) is 5.91 Å². The van der Waals surface area contributed by atoms with Crippen LogP contribution in [0.4, 0.5) is 0 Å². The Balaban J connectivity index is 1.56. The van der Waals surface area contributed by atoms with Gasteiger partial charge in [0, 0.05) is 25.9 Å². The minimum atomic E-state index is -0.810. The minimum Gasteiger partial charge on any atom is -0.490 e. The monoisotopic (exact) mass is 333 g/mol. The molecule has 1 aromatic rings. The van der Waals surface area contributed by atoms with Crippen molar-refractivity contribution in [2.75, 3.05) is 26.3 Å². The van der Waals surface area contributed by atoms with Crippen molar-refractivity contribution in [2.45, 2.75) is 32.1 Å². The highest BCUT2D eigenvalue weighted by atomic mass is 16.5. The molecule has 1 saturated heterocycles. The number of ether oxygens (including phenoxy) is 2. The molecule has 1 N–H and O–H groups in total. The molecule has 3 rings (SSSR count). The number of hydrogen-bond acceptors (Lipinski definition) is 4. The van der Waals surface area contributed by atoms with E-state index in [1.165, 1.54) is 0 Å². The summed E-state index contributed by atoms with van der Waals surface area (Å²) < 4.78 is 11.3. The van der Waals surface area contributed by atoms with Crippen molar-refractivity contribution in [1.82, 2.24) is 4.90 Å². The highest BCUT2D eigenvalue weighted by Gasteiger charge is 2.27. The number of aliphatic carboxylic acids is 1. The first-order valence-electron chi connectivity index (χ1n) is 8.52. The number of nitrogens with zero attached hydrogens (tertiary/aromatic N) is 1. The molecule has 130 valence electrons. The molecule has 0 unspecified atom stereocenters. The molecule has 2 heterocycles. The van der Waals surface area contributed by atoms with E-state index in [0.717, 1.165) is 29.9 Å². The van der Waals surface area contributed by atoms with E-state index in [0.29, 0.717) is 45.6 Å². The number of hydrogen-bond donors (Lipinski definition) is 1. The Morgan fingerprint density at radius 2 is 1.96 bits per heavy atom. The Morgan fingerprint density at radius 3 is 2.75 bits per heavy atom. The number of likely N-dealkylation sites (tertiary alicyclic amines) is 1. The summed E-state index contributed by atoms with van der Waals surface area (Å²) in [5.41, 5.74) is 1.03. The van der Waals surface area contributed by atoms with Gasteiger partial charge < -0.3 is 19.5 Å². The number of carboxylic acids is 1. The molecule has 1 atom stereocenters. The fourth-order valence-electron chi connectivity index (χ4n) is 3.18. The van der Waals surface area contributed by atoms with Crippen molar-refractivity contribution in [1.29, 1.82) is 0 Å². The third-order valence-corrected chi connectivity index (χ3v) is 4.56. The van der Waals surface area contributed by atoms with Crippen LogP contribution in [-0.2, 0) is 16.0 Å². The van der Waals surface area contributed by atoms with Crippen molar-refractivity contribution in [2.24, 2.45) is 5.92 Å². The zero-order valence-electron chi connectivity index (χ0n) is 13.7. The van der Waals surface area contributed by atoms with Gasteiger partial charge in [-0.2, -0.15) is 0 Å². The van der Waals surface area contributed by atoms with Crippen molar-refractivity contribution >= 4 is 11.9 Å². The number of fused-ring (bicyclic) bond motifs is 1. The summed E-state index contributed by atoms with van der Waals surface area (Å²) in [6, 6.07) is 5.78. The van der Waals surface area contributed by atoms with E-state index in [4.69, 9.17) is 14.6 Å². The fraction of sp³-hybridized carbons (Fsp3) is 0.556. The molecule has 1 amide bonds. The average Bonchev–Trinajstić information content (AvgIpc) is 2.84. The molecule has 6 heteroatoms. The smallest absolute Gasteiger partial charge is 0.308 e. The lowest BCUT2D eigenvalue weighted by Crippen LogP contribution is -2.42. The summed E-state index contributed by atoms with van der Waals surface area (Å²) in [6.45, 7) is 2.28. The van der Waals surface area contributed by atoms with Crippen LogP contribution < -0.4 is 9.47 Å². The lowest BCUT2D eigenvalue weighted by Gasteiger charge is -2.30. The molecule has 1 fully saturated rings. The molecular formula is C18H23NO5.